The molecule has 134 valence electrons. The summed E-state index contributed by atoms with van der Waals surface area (Å²) in [6, 6.07) is 7.34. The summed E-state index contributed by atoms with van der Waals surface area (Å²) in [5.41, 5.74) is -0.554. The van der Waals surface area contributed by atoms with Gasteiger partial charge in [0.2, 0.25) is 5.91 Å². The summed E-state index contributed by atoms with van der Waals surface area (Å²) in [6.45, 7) is 1.07. The average Bonchev–Trinajstić information content (AvgIpc) is 2.88. The van der Waals surface area contributed by atoms with Crippen LogP contribution in [0.4, 0.5) is 0 Å². The van der Waals surface area contributed by atoms with Crippen molar-refractivity contribution in [3.63, 3.8) is 0 Å². The number of hydrogen-bond donors (Lipinski definition) is 0. The van der Waals surface area contributed by atoms with Crippen LogP contribution >= 0.6 is 11.6 Å². The molecule has 1 amide bonds. The van der Waals surface area contributed by atoms with Gasteiger partial charge in [-0.2, -0.15) is 0 Å². The van der Waals surface area contributed by atoms with Crippen molar-refractivity contribution in [2.75, 3.05) is 13.1 Å². The van der Waals surface area contributed by atoms with Crippen LogP contribution in [0.25, 0.3) is 0 Å². The van der Waals surface area contributed by atoms with Gasteiger partial charge >= 0.3 is 5.97 Å². The minimum Gasteiger partial charge on any atom is -0.485 e. The fourth-order valence-corrected chi connectivity index (χ4v) is 4.42. The van der Waals surface area contributed by atoms with Gasteiger partial charge in [0, 0.05) is 0 Å². The minimum atomic E-state index is -0.554. The van der Waals surface area contributed by atoms with Crippen molar-refractivity contribution < 1.29 is 19.1 Å². The molecule has 4 rings (SSSR count). The predicted molar refractivity (Wildman–Crippen MR) is 92.5 cm³/mol. The van der Waals surface area contributed by atoms with E-state index < -0.39 is 5.60 Å². The van der Waals surface area contributed by atoms with Crippen LogP contribution in [0, 0.1) is 5.92 Å². The number of halogens is 1. The lowest BCUT2D eigenvalue weighted by atomic mass is 9.75. The van der Waals surface area contributed by atoms with Crippen LogP contribution in [0.1, 0.15) is 38.5 Å². The highest BCUT2D eigenvalue weighted by atomic mass is 35.5. The second kappa shape index (κ2) is 6.52. The number of amides is 1. The number of esters is 1. The molecule has 2 aliphatic heterocycles. The van der Waals surface area contributed by atoms with Gasteiger partial charge in [-0.15, -0.1) is 0 Å². The second-order valence-corrected chi connectivity index (χ2v) is 7.68. The fraction of sp³-hybridized carbons (Fsp3) is 0.579. The van der Waals surface area contributed by atoms with Gasteiger partial charge in [-0.1, -0.05) is 30.2 Å². The third kappa shape index (κ3) is 3.10. The van der Waals surface area contributed by atoms with Crippen molar-refractivity contribution >= 4 is 23.5 Å². The summed E-state index contributed by atoms with van der Waals surface area (Å²) in [5.74, 6) is 0.113. The first-order chi connectivity index (χ1) is 12.1. The Bertz CT molecular complexity index is 680. The van der Waals surface area contributed by atoms with E-state index in [9.17, 15) is 9.59 Å². The van der Waals surface area contributed by atoms with Gasteiger partial charge in [0.15, 0.2) is 0 Å². The number of hydrogen-bond acceptors (Lipinski definition) is 4. The zero-order chi connectivity index (χ0) is 17.4. The first-order valence-electron chi connectivity index (χ1n) is 8.99. The fourth-order valence-electron chi connectivity index (χ4n) is 4.24. The molecule has 25 heavy (non-hydrogen) atoms. The van der Waals surface area contributed by atoms with E-state index in [4.69, 9.17) is 21.1 Å². The van der Waals surface area contributed by atoms with E-state index in [-0.39, 0.29) is 30.3 Å². The summed E-state index contributed by atoms with van der Waals surface area (Å²) in [7, 11) is 0. The third-order valence-corrected chi connectivity index (χ3v) is 5.92. The van der Waals surface area contributed by atoms with Crippen molar-refractivity contribution in [1.82, 2.24) is 4.90 Å². The molecule has 5 nitrogen and oxygen atoms in total. The quantitative estimate of drug-likeness (QED) is 0.774. The predicted octanol–water partition coefficient (Wildman–Crippen LogP) is 3.20. The third-order valence-electron chi connectivity index (χ3n) is 5.61. The van der Waals surface area contributed by atoms with E-state index in [0.29, 0.717) is 23.9 Å². The zero-order valence-corrected chi connectivity index (χ0v) is 14.8. The number of ether oxygens (including phenoxy) is 2. The largest absolute Gasteiger partial charge is 0.485 e. The van der Waals surface area contributed by atoms with Gasteiger partial charge in [0.25, 0.3) is 0 Å². The van der Waals surface area contributed by atoms with E-state index in [1.807, 2.05) is 18.2 Å². The van der Waals surface area contributed by atoms with Gasteiger partial charge in [0.05, 0.1) is 30.5 Å². The SMILES string of the molecule is O=C1CC(C(=O)N2CC(Oc3ccccc3Cl)C2)C2(CCCCC2)O1. The molecule has 2 heterocycles. The van der Waals surface area contributed by atoms with Crippen LogP contribution in [-0.4, -0.2) is 41.6 Å². The number of carbonyl (C=O) groups is 2. The van der Waals surface area contributed by atoms with E-state index in [0.717, 1.165) is 32.1 Å². The van der Waals surface area contributed by atoms with Crippen molar-refractivity contribution in [2.24, 2.45) is 5.92 Å². The smallest absolute Gasteiger partial charge is 0.307 e. The van der Waals surface area contributed by atoms with Crippen molar-refractivity contribution in [3.05, 3.63) is 29.3 Å². The van der Waals surface area contributed by atoms with E-state index in [1.54, 1.807) is 11.0 Å². The van der Waals surface area contributed by atoms with Gasteiger partial charge in [-0.05, 0) is 37.8 Å². The monoisotopic (exact) mass is 363 g/mol. The number of benzene rings is 1. The van der Waals surface area contributed by atoms with E-state index in [2.05, 4.69) is 0 Å². The molecule has 0 radical (unpaired) electrons. The molecule has 1 spiro atoms. The summed E-state index contributed by atoms with van der Waals surface area (Å²) in [5, 5.41) is 0.572. The lowest BCUT2D eigenvalue weighted by Crippen LogP contribution is -2.59. The maximum atomic E-state index is 12.9. The van der Waals surface area contributed by atoms with Crippen LogP contribution in [-0.2, 0) is 14.3 Å². The standard InChI is InChI=1S/C19H22ClNO4/c20-15-6-2-3-7-16(15)24-13-11-21(12-13)18(23)14-10-17(22)25-19(14)8-4-1-5-9-19/h2-3,6-7,13-14H,1,4-5,8-12H2. The molecule has 1 aromatic rings. The minimum absolute atomic E-state index is 0.0340. The van der Waals surface area contributed by atoms with Crippen molar-refractivity contribution in [1.29, 1.82) is 0 Å². The Kier molecular flexibility index (Phi) is 4.36. The molecule has 2 saturated heterocycles. The number of carbonyl (C=O) groups excluding carboxylic acids is 2. The molecular formula is C19H22ClNO4. The summed E-state index contributed by atoms with van der Waals surface area (Å²) in [6.07, 6.45) is 4.97. The molecular weight excluding hydrogens is 342 g/mol. The van der Waals surface area contributed by atoms with Gasteiger partial charge < -0.3 is 14.4 Å². The normalized spacial score (nSPS) is 25.6. The zero-order valence-electron chi connectivity index (χ0n) is 14.1. The van der Waals surface area contributed by atoms with Gasteiger partial charge in [0.1, 0.15) is 17.5 Å². The molecule has 6 heteroatoms. The number of nitrogens with zero attached hydrogens (tertiary/aromatic N) is 1. The Morgan fingerprint density at radius 3 is 2.64 bits per heavy atom. The maximum Gasteiger partial charge on any atom is 0.307 e. The first kappa shape index (κ1) is 16.7. The summed E-state index contributed by atoms with van der Waals surface area (Å²) < 4.78 is 11.5. The molecule has 3 aliphatic rings. The maximum absolute atomic E-state index is 12.9. The molecule has 0 bridgehead atoms. The lowest BCUT2D eigenvalue weighted by Gasteiger charge is -2.43. The van der Waals surface area contributed by atoms with Crippen molar-refractivity contribution in [3.8, 4) is 5.75 Å². The molecule has 1 aliphatic carbocycles. The van der Waals surface area contributed by atoms with E-state index in [1.165, 1.54) is 0 Å². The second-order valence-electron chi connectivity index (χ2n) is 7.27. The molecule has 1 saturated carbocycles. The molecule has 3 fully saturated rings. The van der Waals surface area contributed by atoms with E-state index >= 15 is 0 Å². The van der Waals surface area contributed by atoms with Crippen LogP contribution < -0.4 is 4.74 Å². The van der Waals surface area contributed by atoms with Crippen LogP contribution in [0.3, 0.4) is 0 Å². The highest BCUT2D eigenvalue weighted by Crippen LogP contribution is 2.45. The van der Waals surface area contributed by atoms with Crippen LogP contribution in [0.5, 0.6) is 5.75 Å². The number of likely N-dealkylation sites (tertiary alicyclic amines) is 1. The highest BCUT2D eigenvalue weighted by molar-refractivity contribution is 6.32. The highest BCUT2D eigenvalue weighted by Gasteiger charge is 2.54. The Hall–Kier alpha value is -1.75. The van der Waals surface area contributed by atoms with Gasteiger partial charge in [-0.25, -0.2) is 0 Å². The average molecular weight is 364 g/mol. The summed E-state index contributed by atoms with van der Waals surface area (Å²) >= 11 is 6.11. The Labute approximate surface area is 152 Å². The molecule has 0 N–H and O–H groups in total. The molecule has 1 atom stereocenters. The Morgan fingerprint density at radius 1 is 1.20 bits per heavy atom. The topological polar surface area (TPSA) is 55.8 Å². The van der Waals surface area contributed by atoms with Crippen LogP contribution in [0.15, 0.2) is 24.3 Å². The molecule has 1 unspecified atom stereocenters. The lowest BCUT2D eigenvalue weighted by molar-refractivity contribution is -0.159. The van der Waals surface area contributed by atoms with Crippen molar-refractivity contribution in [2.45, 2.75) is 50.2 Å². The first-order valence-corrected chi connectivity index (χ1v) is 9.37. The molecule has 1 aromatic carbocycles. The molecule has 0 aromatic heterocycles. The summed E-state index contributed by atoms with van der Waals surface area (Å²) in [4.78, 5) is 26.6. The van der Waals surface area contributed by atoms with Gasteiger partial charge in [-0.3, -0.25) is 9.59 Å². The Morgan fingerprint density at radius 2 is 1.92 bits per heavy atom. The number of rotatable bonds is 3. The Balaban J connectivity index is 1.38. The van der Waals surface area contributed by atoms with Crippen LogP contribution in [0.2, 0.25) is 5.02 Å². The number of para-hydroxylation sites is 1.